The van der Waals surface area contributed by atoms with Crippen molar-refractivity contribution in [2.45, 2.75) is 20.3 Å². The van der Waals surface area contributed by atoms with Crippen molar-refractivity contribution in [2.24, 2.45) is 4.99 Å². The van der Waals surface area contributed by atoms with Gasteiger partial charge in [0.2, 0.25) is 0 Å². The van der Waals surface area contributed by atoms with Gasteiger partial charge in [0, 0.05) is 32.1 Å². The Morgan fingerprint density at radius 1 is 1.15 bits per heavy atom. The van der Waals surface area contributed by atoms with E-state index in [0.717, 1.165) is 43.5 Å². The number of ether oxygens (including phenoxy) is 2. The van der Waals surface area contributed by atoms with Gasteiger partial charge < -0.3 is 20.1 Å². The zero-order valence-corrected chi connectivity index (χ0v) is 12.6. The molecule has 0 saturated heterocycles. The van der Waals surface area contributed by atoms with Crippen LogP contribution in [-0.4, -0.2) is 39.3 Å². The second-order valence-electron chi connectivity index (χ2n) is 4.17. The summed E-state index contributed by atoms with van der Waals surface area (Å²) in [4.78, 5) is 4.46. The quantitative estimate of drug-likeness (QED) is 0.434. The van der Waals surface area contributed by atoms with Crippen molar-refractivity contribution in [3.63, 3.8) is 0 Å². The molecule has 1 aromatic rings. The van der Waals surface area contributed by atoms with Crippen LogP contribution in [0.25, 0.3) is 0 Å². The molecule has 0 aliphatic rings. The Morgan fingerprint density at radius 2 is 1.85 bits per heavy atom. The van der Waals surface area contributed by atoms with Gasteiger partial charge in [0.05, 0.1) is 13.7 Å². The van der Waals surface area contributed by atoms with Gasteiger partial charge in [0.15, 0.2) is 5.96 Å². The molecule has 1 rings (SSSR count). The summed E-state index contributed by atoms with van der Waals surface area (Å²) < 4.78 is 10.8. The number of guanidine groups is 1. The lowest BCUT2D eigenvalue weighted by atomic mass is 10.3. The van der Waals surface area contributed by atoms with Gasteiger partial charge in [0.1, 0.15) is 11.5 Å². The van der Waals surface area contributed by atoms with E-state index >= 15 is 0 Å². The lowest BCUT2D eigenvalue weighted by Crippen LogP contribution is -2.37. The third-order valence-corrected chi connectivity index (χ3v) is 2.57. The highest BCUT2D eigenvalue weighted by atomic mass is 16.5. The minimum absolute atomic E-state index is 0.641. The summed E-state index contributed by atoms with van der Waals surface area (Å²) in [6.07, 6.45) is 0.873. The van der Waals surface area contributed by atoms with Crippen LogP contribution in [0.15, 0.2) is 29.3 Å². The fourth-order valence-corrected chi connectivity index (χ4v) is 1.65. The minimum Gasteiger partial charge on any atom is -0.497 e. The number of hydrogen-bond acceptors (Lipinski definition) is 3. The van der Waals surface area contributed by atoms with Gasteiger partial charge in [-0.25, -0.2) is 0 Å². The summed E-state index contributed by atoms with van der Waals surface area (Å²) in [6, 6.07) is 7.62. The highest BCUT2D eigenvalue weighted by Gasteiger charge is 1.97. The average molecular weight is 279 g/mol. The standard InChI is InChI=1S/C15H25N3O2/c1-4-16-15(17-5-2)18-10-7-11-20-14-9-6-8-13(12-14)19-3/h6,8-9,12H,4-5,7,10-11H2,1-3H3,(H2,16,17,18). The predicted molar refractivity (Wildman–Crippen MR) is 82.8 cm³/mol. The van der Waals surface area contributed by atoms with Crippen molar-refractivity contribution >= 4 is 5.96 Å². The SMILES string of the molecule is CCNC(=NCCCOc1cccc(OC)c1)NCC. The molecule has 5 nitrogen and oxygen atoms in total. The van der Waals surface area contributed by atoms with Crippen LogP contribution in [-0.2, 0) is 0 Å². The van der Waals surface area contributed by atoms with E-state index < -0.39 is 0 Å². The fraction of sp³-hybridized carbons (Fsp3) is 0.533. The molecule has 0 spiro atoms. The molecule has 0 aliphatic carbocycles. The number of aliphatic imine (C=N–C) groups is 1. The first-order valence-corrected chi connectivity index (χ1v) is 7.09. The molecule has 0 radical (unpaired) electrons. The second-order valence-corrected chi connectivity index (χ2v) is 4.17. The Kier molecular flexibility index (Phi) is 8.03. The molecule has 2 N–H and O–H groups in total. The number of methoxy groups -OCH3 is 1. The van der Waals surface area contributed by atoms with Crippen molar-refractivity contribution in [3.8, 4) is 11.5 Å². The second kappa shape index (κ2) is 9.95. The summed E-state index contributed by atoms with van der Waals surface area (Å²) in [7, 11) is 1.65. The number of hydrogen-bond donors (Lipinski definition) is 2. The minimum atomic E-state index is 0.641. The molecule has 5 heteroatoms. The summed E-state index contributed by atoms with van der Waals surface area (Å²) in [6.45, 7) is 7.22. The molecule has 0 fully saturated rings. The Labute approximate surface area is 121 Å². The van der Waals surface area contributed by atoms with E-state index in [1.807, 2.05) is 24.3 Å². The third-order valence-electron chi connectivity index (χ3n) is 2.57. The molecule has 0 aromatic heterocycles. The maximum Gasteiger partial charge on any atom is 0.191 e. The average Bonchev–Trinajstić information content (AvgIpc) is 2.47. The number of nitrogens with one attached hydrogen (secondary N) is 2. The van der Waals surface area contributed by atoms with Crippen LogP contribution in [0.4, 0.5) is 0 Å². The van der Waals surface area contributed by atoms with Gasteiger partial charge in [-0.3, -0.25) is 4.99 Å². The van der Waals surface area contributed by atoms with Crippen molar-refractivity contribution < 1.29 is 9.47 Å². The van der Waals surface area contributed by atoms with Crippen molar-refractivity contribution in [2.75, 3.05) is 33.4 Å². The number of nitrogens with zero attached hydrogens (tertiary/aromatic N) is 1. The van der Waals surface area contributed by atoms with Gasteiger partial charge in [0.25, 0.3) is 0 Å². The smallest absolute Gasteiger partial charge is 0.191 e. The van der Waals surface area contributed by atoms with Crippen LogP contribution >= 0.6 is 0 Å². The summed E-state index contributed by atoms with van der Waals surface area (Å²) >= 11 is 0. The van der Waals surface area contributed by atoms with E-state index in [2.05, 4.69) is 29.5 Å². The Balaban J connectivity index is 2.28. The summed E-state index contributed by atoms with van der Waals surface area (Å²) in [5, 5.41) is 6.38. The zero-order chi connectivity index (χ0) is 14.6. The van der Waals surface area contributed by atoms with Gasteiger partial charge in [-0.15, -0.1) is 0 Å². The van der Waals surface area contributed by atoms with Crippen LogP contribution in [0.2, 0.25) is 0 Å². The van der Waals surface area contributed by atoms with Crippen LogP contribution in [0.3, 0.4) is 0 Å². The normalized spacial score (nSPS) is 9.75. The molecular formula is C15H25N3O2. The van der Waals surface area contributed by atoms with Crippen molar-refractivity contribution in [1.82, 2.24) is 10.6 Å². The number of rotatable bonds is 8. The molecule has 1 aromatic carbocycles. The van der Waals surface area contributed by atoms with Crippen LogP contribution < -0.4 is 20.1 Å². The molecule has 20 heavy (non-hydrogen) atoms. The third kappa shape index (κ3) is 6.31. The topological polar surface area (TPSA) is 54.9 Å². The lowest BCUT2D eigenvalue weighted by molar-refractivity contribution is 0.311. The van der Waals surface area contributed by atoms with Crippen molar-refractivity contribution in [3.05, 3.63) is 24.3 Å². The van der Waals surface area contributed by atoms with Gasteiger partial charge in [-0.2, -0.15) is 0 Å². The van der Waals surface area contributed by atoms with Crippen LogP contribution in [0.1, 0.15) is 20.3 Å². The lowest BCUT2D eigenvalue weighted by Gasteiger charge is -2.09. The van der Waals surface area contributed by atoms with E-state index in [9.17, 15) is 0 Å². The van der Waals surface area contributed by atoms with Gasteiger partial charge in [-0.1, -0.05) is 6.07 Å². The first-order chi connectivity index (χ1) is 9.80. The van der Waals surface area contributed by atoms with Gasteiger partial charge >= 0.3 is 0 Å². The van der Waals surface area contributed by atoms with E-state index in [0.29, 0.717) is 6.61 Å². The molecule has 112 valence electrons. The highest BCUT2D eigenvalue weighted by Crippen LogP contribution is 2.18. The zero-order valence-electron chi connectivity index (χ0n) is 12.6. The Morgan fingerprint density at radius 3 is 2.50 bits per heavy atom. The Bertz CT molecular complexity index is 400. The molecule has 0 unspecified atom stereocenters. The highest BCUT2D eigenvalue weighted by molar-refractivity contribution is 5.79. The molecule has 0 saturated carbocycles. The largest absolute Gasteiger partial charge is 0.497 e. The molecule has 0 aliphatic heterocycles. The maximum absolute atomic E-state index is 5.66. The van der Waals surface area contributed by atoms with E-state index in [-0.39, 0.29) is 0 Å². The number of benzene rings is 1. The molecule has 0 heterocycles. The van der Waals surface area contributed by atoms with E-state index in [4.69, 9.17) is 9.47 Å². The molecule has 0 bridgehead atoms. The van der Waals surface area contributed by atoms with Crippen molar-refractivity contribution in [1.29, 1.82) is 0 Å². The van der Waals surface area contributed by atoms with Crippen LogP contribution in [0.5, 0.6) is 11.5 Å². The molecule has 0 amide bonds. The van der Waals surface area contributed by atoms with E-state index in [1.165, 1.54) is 0 Å². The van der Waals surface area contributed by atoms with Crippen LogP contribution in [0, 0.1) is 0 Å². The molecular weight excluding hydrogens is 254 g/mol. The maximum atomic E-state index is 5.66. The predicted octanol–water partition coefficient (Wildman–Crippen LogP) is 2.04. The van der Waals surface area contributed by atoms with E-state index in [1.54, 1.807) is 7.11 Å². The first-order valence-electron chi connectivity index (χ1n) is 7.09. The first kappa shape index (κ1) is 16.1. The molecule has 0 atom stereocenters. The fourth-order valence-electron chi connectivity index (χ4n) is 1.65. The summed E-state index contributed by atoms with van der Waals surface area (Å²) in [5.74, 6) is 2.49. The van der Waals surface area contributed by atoms with Gasteiger partial charge in [-0.05, 0) is 26.0 Å². The Hall–Kier alpha value is -1.91. The monoisotopic (exact) mass is 279 g/mol. The summed E-state index contributed by atoms with van der Waals surface area (Å²) in [5.41, 5.74) is 0.